The molecule has 0 saturated carbocycles. The number of hydrogen-bond acceptors (Lipinski definition) is 4. The van der Waals surface area contributed by atoms with Crippen LogP contribution in [0.2, 0.25) is 5.02 Å². The van der Waals surface area contributed by atoms with Crippen LogP contribution in [0.15, 0.2) is 71.6 Å². The minimum absolute atomic E-state index is 0.00502. The van der Waals surface area contributed by atoms with E-state index in [-0.39, 0.29) is 11.0 Å². The standard InChI is InChI=1S/C27H30ClFN2O3S/c1-20-4-3-5-22(16-20)19-34-27(23-7-9-24(28)10-8-23)18-30-12-14-31(15-13-30)35(32,33)25-11-6-21(2)26(29)17-25/h3-11,16-17,27H,12-15,18-19H2,1-2H3/t27-/m0/s1. The number of ether oxygens (including phenoxy) is 1. The van der Waals surface area contributed by atoms with E-state index < -0.39 is 15.8 Å². The monoisotopic (exact) mass is 516 g/mol. The van der Waals surface area contributed by atoms with Gasteiger partial charge in [-0.1, -0.05) is 59.6 Å². The molecule has 0 unspecified atom stereocenters. The first-order valence-electron chi connectivity index (χ1n) is 11.6. The van der Waals surface area contributed by atoms with Gasteiger partial charge in [0.2, 0.25) is 10.0 Å². The Bertz CT molecular complexity index is 1260. The highest BCUT2D eigenvalue weighted by Crippen LogP contribution is 2.25. The molecule has 3 aromatic carbocycles. The number of nitrogens with zero attached hydrogens (tertiary/aromatic N) is 2. The number of benzene rings is 3. The predicted octanol–water partition coefficient (Wildman–Crippen LogP) is 5.36. The molecule has 0 aliphatic carbocycles. The number of piperazine rings is 1. The Morgan fingerprint density at radius 1 is 0.971 bits per heavy atom. The van der Waals surface area contributed by atoms with E-state index >= 15 is 0 Å². The van der Waals surface area contributed by atoms with E-state index in [2.05, 4.69) is 24.0 Å². The molecule has 0 spiro atoms. The summed E-state index contributed by atoms with van der Waals surface area (Å²) in [6.45, 7) is 6.56. The van der Waals surface area contributed by atoms with E-state index in [4.69, 9.17) is 16.3 Å². The zero-order chi connectivity index (χ0) is 25.0. The summed E-state index contributed by atoms with van der Waals surface area (Å²) in [6.07, 6.45) is -0.192. The normalized spacial score (nSPS) is 16.3. The fourth-order valence-electron chi connectivity index (χ4n) is 4.20. The van der Waals surface area contributed by atoms with Gasteiger partial charge >= 0.3 is 0 Å². The van der Waals surface area contributed by atoms with Gasteiger partial charge in [0.15, 0.2) is 0 Å². The van der Waals surface area contributed by atoms with E-state index in [1.807, 2.05) is 36.4 Å². The maximum absolute atomic E-state index is 14.0. The van der Waals surface area contributed by atoms with Crippen molar-refractivity contribution in [3.8, 4) is 0 Å². The van der Waals surface area contributed by atoms with Crippen molar-refractivity contribution in [3.05, 3.63) is 99.8 Å². The van der Waals surface area contributed by atoms with Crippen molar-refractivity contribution < 1.29 is 17.5 Å². The van der Waals surface area contributed by atoms with Crippen LogP contribution >= 0.6 is 11.6 Å². The van der Waals surface area contributed by atoms with Crippen LogP contribution in [0.4, 0.5) is 4.39 Å². The molecule has 1 saturated heterocycles. The van der Waals surface area contributed by atoms with Gasteiger partial charge in [-0.05, 0) is 54.8 Å². The largest absolute Gasteiger partial charge is 0.368 e. The van der Waals surface area contributed by atoms with Gasteiger partial charge in [-0.3, -0.25) is 4.90 Å². The Morgan fingerprint density at radius 3 is 2.34 bits per heavy atom. The summed E-state index contributed by atoms with van der Waals surface area (Å²) in [5, 5.41) is 0.664. The third-order valence-corrected chi connectivity index (χ3v) is 8.46. The van der Waals surface area contributed by atoms with Crippen LogP contribution in [0.3, 0.4) is 0 Å². The first-order chi connectivity index (χ1) is 16.7. The summed E-state index contributed by atoms with van der Waals surface area (Å²) in [4.78, 5) is 2.20. The maximum Gasteiger partial charge on any atom is 0.243 e. The molecule has 8 heteroatoms. The second-order valence-electron chi connectivity index (χ2n) is 8.96. The van der Waals surface area contributed by atoms with Gasteiger partial charge in [0.25, 0.3) is 0 Å². The first kappa shape index (κ1) is 25.8. The van der Waals surface area contributed by atoms with E-state index in [1.54, 1.807) is 6.92 Å². The van der Waals surface area contributed by atoms with Gasteiger partial charge in [-0.2, -0.15) is 4.31 Å². The summed E-state index contributed by atoms with van der Waals surface area (Å²) in [5.41, 5.74) is 3.73. The lowest BCUT2D eigenvalue weighted by molar-refractivity contribution is 0.00771. The van der Waals surface area contributed by atoms with Crippen LogP contribution in [0, 0.1) is 19.7 Å². The van der Waals surface area contributed by atoms with E-state index in [0.29, 0.717) is 49.9 Å². The topological polar surface area (TPSA) is 49.9 Å². The molecular formula is C27H30ClFN2O3S. The molecule has 1 aliphatic rings. The second-order valence-corrected chi connectivity index (χ2v) is 11.3. The lowest BCUT2D eigenvalue weighted by Crippen LogP contribution is -2.49. The molecule has 1 aliphatic heterocycles. The van der Waals surface area contributed by atoms with Gasteiger partial charge in [0.05, 0.1) is 17.6 Å². The zero-order valence-electron chi connectivity index (χ0n) is 20.0. The van der Waals surface area contributed by atoms with Crippen LogP contribution in [0.1, 0.15) is 28.4 Å². The molecule has 1 heterocycles. The van der Waals surface area contributed by atoms with Gasteiger partial charge < -0.3 is 4.74 Å². The minimum atomic E-state index is -3.74. The quantitative estimate of drug-likeness (QED) is 0.404. The fraction of sp³-hybridized carbons (Fsp3) is 0.333. The molecule has 186 valence electrons. The van der Waals surface area contributed by atoms with Crippen molar-refractivity contribution in [2.24, 2.45) is 0 Å². The Kier molecular flexibility index (Phi) is 8.24. The van der Waals surface area contributed by atoms with Crippen molar-refractivity contribution in [2.45, 2.75) is 31.5 Å². The molecule has 1 fully saturated rings. The molecule has 0 bridgehead atoms. The number of aryl methyl sites for hydroxylation is 2. The molecule has 0 radical (unpaired) electrons. The van der Waals surface area contributed by atoms with Gasteiger partial charge in [0, 0.05) is 37.7 Å². The van der Waals surface area contributed by atoms with Crippen LogP contribution < -0.4 is 0 Å². The summed E-state index contributed by atoms with van der Waals surface area (Å²) in [6, 6.07) is 19.9. The third kappa shape index (κ3) is 6.48. The Hall–Kier alpha value is -2.29. The smallest absolute Gasteiger partial charge is 0.243 e. The molecule has 35 heavy (non-hydrogen) atoms. The van der Waals surface area contributed by atoms with E-state index in [9.17, 15) is 12.8 Å². The Morgan fingerprint density at radius 2 is 1.69 bits per heavy atom. The Labute approximate surface area is 212 Å². The highest BCUT2D eigenvalue weighted by molar-refractivity contribution is 7.89. The molecule has 0 amide bonds. The average Bonchev–Trinajstić information content (AvgIpc) is 2.84. The molecule has 0 aromatic heterocycles. The van der Waals surface area contributed by atoms with Crippen LogP contribution in [-0.4, -0.2) is 50.3 Å². The van der Waals surface area contributed by atoms with Crippen molar-refractivity contribution >= 4 is 21.6 Å². The third-order valence-electron chi connectivity index (χ3n) is 6.31. The number of hydrogen-bond donors (Lipinski definition) is 0. The summed E-state index contributed by atoms with van der Waals surface area (Å²) < 4.78 is 47.8. The molecule has 4 rings (SSSR count). The highest BCUT2D eigenvalue weighted by Gasteiger charge is 2.30. The summed E-state index contributed by atoms with van der Waals surface area (Å²) in [7, 11) is -3.74. The highest BCUT2D eigenvalue weighted by atomic mass is 35.5. The molecule has 5 nitrogen and oxygen atoms in total. The maximum atomic E-state index is 14.0. The molecule has 1 atom stereocenters. The summed E-state index contributed by atoms with van der Waals surface area (Å²) >= 11 is 6.09. The molecular weight excluding hydrogens is 487 g/mol. The van der Waals surface area contributed by atoms with Crippen molar-refractivity contribution in [3.63, 3.8) is 0 Å². The number of sulfonamides is 1. The second kappa shape index (κ2) is 11.2. The van der Waals surface area contributed by atoms with E-state index in [0.717, 1.165) is 17.2 Å². The number of halogens is 2. The van der Waals surface area contributed by atoms with Crippen LogP contribution in [-0.2, 0) is 21.4 Å². The number of rotatable bonds is 8. The van der Waals surface area contributed by atoms with Gasteiger partial charge in [-0.15, -0.1) is 0 Å². The van der Waals surface area contributed by atoms with Crippen molar-refractivity contribution in [1.29, 1.82) is 0 Å². The molecule has 3 aromatic rings. The zero-order valence-corrected chi connectivity index (χ0v) is 21.5. The van der Waals surface area contributed by atoms with Crippen molar-refractivity contribution in [2.75, 3.05) is 32.7 Å². The lowest BCUT2D eigenvalue weighted by Gasteiger charge is -2.36. The SMILES string of the molecule is Cc1cccc(CO[C@@H](CN2CCN(S(=O)(=O)c3ccc(C)c(F)c3)CC2)c2ccc(Cl)cc2)c1. The van der Waals surface area contributed by atoms with E-state index in [1.165, 1.54) is 22.0 Å². The Balaban J connectivity index is 1.42. The average molecular weight is 517 g/mol. The molecule has 0 N–H and O–H groups in total. The van der Waals surface area contributed by atoms with Crippen LogP contribution in [0.5, 0.6) is 0 Å². The lowest BCUT2D eigenvalue weighted by atomic mass is 10.1. The predicted molar refractivity (Wildman–Crippen MR) is 136 cm³/mol. The summed E-state index contributed by atoms with van der Waals surface area (Å²) in [5.74, 6) is -0.513. The van der Waals surface area contributed by atoms with Gasteiger partial charge in [0.1, 0.15) is 5.82 Å². The van der Waals surface area contributed by atoms with Crippen LogP contribution in [0.25, 0.3) is 0 Å². The van der Waals surface area contributed by atoms with Gasteiger partial charge in [-0.25, -0.2) is 12.8 Å². The van der Waals surface area contributed by atoms with Crippen molar-refractivity contribution in [1.82, 2.24) is 9.21 Å². The minimum Gasteiger partial charge on any atom is -0.368 e. The fourth-order valence-corrected chi connectivity index (χ4v) is 5.76. The first-order valence-corrected chi connectivity index (χ1v) is 13.5.